The molecular weight excluding hydrogens is 320 g/mol. The minimum atomic E-state index is 0.0779. The van der Waals surface area contributed by atoms with Crippen LogP contribution in [0.15, 0.2) is 17.5 Å². The molecule has 4 nitrogen and oxygen atoms in total. The SMILES string of the molecule is CC1CCN([C@H](CNC(=O)[C@@H]2C[C@H]3CC[C@H]2O3)c2cccs2)CC1. The van der Waals surface area contributed by atoms with Crippen molar-refractivity contribution < 1.29 is 9.53 Å². The van der Waals surface area contributed by atoms with Crippen molar-refractivity contribution in [2.45, 2.75) is 57.3 Å². The van der Waals surface area contributed by atoms with Crippen LogP contribution in [0.2, 0.25) is 0 Å². The smallest absolute Gasteiger partial charge is 0.225 e. The van der Waals surface area contributed by atoms with Gasteiger partial charge in [-0.15, -0.1) is 11.3 Å². The first kappa shape index (κ1) is 16.6. The van der Waals surface area contributed by atoms with Crippen molar-refractivity contribution >= 4 is 17.2 Å². The number of rotatable bonds is 5. The highest BCUT2D eigenvalue weighted by molar-refractivity contribution is 7.10. The summed E-state index contributed by atoms with van der Waals surface area (Å²) in [4.78, 5) is 16.6. The van der Waals surface area contributed by atoms with E-state index in [4.69, 9.17) is 4.74 Å². The summed E-state index contributed by atoms with van der Waals surface area (Å²) in [5, 5.41) is 5.39. The lowest BCUT2D eigenvalue weighted by Crippen LogP contribution is -2.44. The van der Waals surface area contributed by atoms with Gasteiger partial charge in [-0.3, -0.25) is 9.69 Å². The molecule has 4 atom stereocenters. The van der Waals surface area contributed by atoms with Gasteiger partial charge in [0, 0.05) is 11.4 Å². The summed E-state index contributed by atoms with van der Waals surface area (Å²) >= 11 is 1.80. The van der Waals surface area contributed by atoms with Crippen LogP contribution in [0, 0.1) is 11.8 Å². The van der Waals surface area contributed by atoms with E-state index in [1.807, 2.05) is 0 Å². The zero-order valence-electron chi connectivity index (χ0n) is 14.4. The normalized spacial score (nSPS) is 32.1. The highest BCUT2D eigenvalue weighted by atomic mass is 32.1. The number of hydrogen-bond acceptors (Lipinski definition) is 4. The Hall–Kier alpha value is -0.910. The summed E-state index contributed by atoms with van der Waals surface area (Å²) in [7, 11) is 0. The van der Waals surface area contributed by atoms with Gasteiger partial charge >= 0.3 is 0 Å². The number of nitrogens with zero attached hydrogens (tertiary/aromatic N) is 1. The third-order valence-corrected chi connectivity index (χ3v) is 7.02. The number of thiophene rings is 1. The molecule has 1 N–H and O–H groups in total. The highest BCUT2D eigenvalue weighted by Crippen LogP contribution is 2.39. The van der Waals surface area contributed by atoms with Crippen molar-refractivity contribution in [3.8, 4) is 0 Å². The van der Waals surface area contributed by atoms with E-state index in [1.165, 1.54) is 17.7 Å². The van der Waals surface area contributed by atoms with Crippen LogP contribution in [0.5, 0.6) is 0 Å². The second-order valence-corrected chi connectivity index (χ2v) is 8.69. The number of carbonyl (C=O) groups excluding carboxylic acids is 1. The van der Waals surface area contributed by atoms with Crippen LogP contribution in [-0.2, 0) is 9.53 Å². The molecule has 132 valence electrons. The van der Waals surface area contributed by atoms with E-state index >= 15 is 0 Å². The van der Waals surface area contributed by atoms with Crippen LogP contribution in [-0.4, -0.2) is 42.6 Å². The molecule has 0 unspecified atom stereocenters. The molecule has 0 aromatic carbocycles. The molecule has 1 amide bonds. The molecule has 4 heterocycles. The quantitative estimate of drug-likeness (QED) is 0.888. The first-order valence-electron chi connectivity index (χ1n) is 9.41. The molecule has 0 aliphatic carbocycles. The standard InChI is InChI=1S/C19H28N2O2S/c1-13-6-8-21(9-7-13)16(18-3-2-10-24-18)12-20-19(22)15-11-14-4-5-17(15)23-14/h2-3,10,13-17H,4-9,11-12H2,1H3,(H,20,22)/t14-,15-,16-,17-/m1/s1. The fourth-order valence-corrected chi connectivity index (χ4v) is 5.33. The third kappa shape index (κ3) is 3.39. The average molecular weight is 349 g/mol. The number of nitrogens with one attached hydrogen (secondary N) is 1. The third-order valence-electron chi connectivity index (χ3n) is 6.04. The van der Waals surface area contributed by atoms with Crippen molar-refractivity contribution in [2.75, 3.05) is 19.6 Å². The second kappa shape index (κ2) is 7.14. The average Bonchev–Trinajstić information content (AvgIpc) is 3.34. The molecule has 3 fully saturated rings. The lowest BCUT2D eigenvalue weighted by atomic mass is 9.88. The van der Waals surface area contributed by atoms with Crippen LogP contribution in [0.4, 0.5) is 0 Å². The first-order chi connectivity index (χ1) is 11.7. The minimum Gasteiger partial charge on any atom is -0.374 e. The van der Waals surface area contributed by atoms with Gasteiger partial charge in [-0.1, -0.05) is 13.0 Å². The number of ether oxygens (including phenoxy) is 1. The van der Waals surface area contributed by atoms with Gasteiger partial charge in [0.15, 0.2) is 0 Å². The molecule has 0 radical (unpaired) electrons. The van der Waals surface area contributed by atoms with Crippen molar-refractivity contribution in [1.82, 2.24) is 10.2 Å². The maximum atomic E-state index is 12.6. The second-order valence-electron chi connectivity index (χ2n) is 7.71. The van der Waals surface area contributed by atoms with Crippen LogP contribution in [0.1, 0.15) is 49.9 Å². The minimum absolute atomic E-state index is 0.0779. The molecule has 4 rings (SSSR count). The molecule has 1 aromatic rings. The maximum Gasteiger partial charge on any atom is 0.225 e. The largest absolute Gasteiger partial charge is 0.374 e. The number of carbonyl (C=O) groups is 1. The molecule has 3 saturated heterocycles. The fraction of sp³-hybridized carbons (Fsp3) is 0.737. The zero-order valence-corrected chi connectivity index (χ0v) is 15.3. The Morgan fingerprint density at radius 1 is 1.38 bits per heavy atom. The summed E-state index contributed by atoms with van der Waals surface area (Å²) in [5.41, 5.74) is 0. The molecule has 1 aromatic heterocycles. The summed E-state index contributed by atoms with van der Waals surface area (Å²) in [6.45, 7) is 5.34. The van der Waals surface area contributed by atoms with Gasteiger partial charge in [0.05, 0.1) is 24.2 Å². The van der Waals surface area contributed by atoms with Gasteiger partial charge in [-0.25, -0.2) is 0 Å². The topological polar surface area (TPSA) is 41.6 Å². The number of piperidine rings is 1. The van der Waals surface area contributed by atoms with Crippen molar-refractivity contribution in [1.29, 1.82) is 0 Å². The van der Waals surface area contributed by atoms with E-state index in [2.05, 4.69) is 34.7 Å². The maximum absolute atomic E-state index is 12.6. The van der Waals surface area contributed by atoms with E-state index in [1.54, 1.807) is 11.3 Å². The Kier molecular flexibility index (Phi) is 4.93. The lowest BCUT2D eigenvalue weighted by molar-refractivity contribution is -0.126. The van der Waals surface area contributed by atoms with Crippen molar-refractivity contribution in [2.24, 2.45) is 11.8 Å². The van der Waals surface area contributed by atoms with E-state index in [0.29, 0.717) is 12.1 Å². The molecule has 3 aliphatic heterocycles. The monoisotopic (exact) mass is 348 g/mol. The molecule has 0 spiro atoms. The Labute approximate surface area is 148 Å². The van der Waals surface area contributed by atoms with Gasteiger partial charge in [0.25, 0.3) is 0 Å². The number of amides is 1. The van der Waals surface area contributed by atoms with Crippen LogP contribution in [0.25, 0.3) is 0 Å². The van der Waals surface area contributed by atoms with E-state index in [9.17, 15) is 4.79 Å². The molecular formula is C19H28N2O2S. The molecule has 2 bridgehead atoms. The molecule has 5 heteroatoms. The molecule has 0 saturated carbocycles. The van der Waals surface area contributed by atoms with Gasteiger partial charge in [-0.2, -0.15) is 0 Å². The summed E-state index contributed by atoms with van der Waals surface area (Å²) in [6, 6.07) is 4.65. The number of likely N-dealkylation sites (tertiary alicyclic amines) is 1. The molecule has 24 heavy (non-hydrogen) atoms. The van der Waals surface area contributed by atoms with E-state index < -0.39 is 0 Å². The predicted molar refractivity (Wildman–Crippen MR) is 96.0 cm³/mol. The number of hydrogen-bond donors (Lipinski definition) is 1. The van der Waals surface area contributed by atoms with Gasteiger partial charge in [0.1, 0.15) is 0 Å². The molecule has 3 aliphatic rings. The first-order valence-corrected chi connectivity index (χ1v) is 10.3. The Balaban J connectivity index is 1.38. The highest BCUT2D eigenvalue weighted by Gasteiger charge is 2.44. The number of fused-ring (bicyclic) bond motifs is 2. The van der Waals surface area contributed by atoms with Gasteiger partial charge in [-0.05, 0) is 62.6 Å². The zero-order chi connectivity index (χ0) is 16.5. The Bertz CT molecular complexity index is 554. The van der Waals surface area contributed by atoms with Crippen LogP contribution >= 0.6 is 11.3 Å². The van der Waals surface area contributed by atoms with Crippen LogP contribution in [0.3, 0.4) is 0 Å². The Morgan fingerprint density at radius 2 is 2.21 bits per heavy atom. The predicted octanol–water partition coefficient (Wildman–Crippen LogP) is 3.20. The van der Waals surface area contributed by atoms with Crippen LogP contribution < -0.4 is 5.32 Å². The summed E-state index contributed by atoms with van der Waals surface area (Å²) < 4.78 is 5.84. The van der Waals surface area contributed by atoms with Gasteiger partial charge in [0.2, 0.25) is 5.91 Å². The van der Waals surface area contributed by atoms with E-state index in [-0.39, 0.29) is 17.9 Å². The fourth-order valence-electron chi connectivity index (χ4n) is 4.47. The summed E-state index contributed by atoms with van der Waals surface area (Å²) in [5.74, 6) is 1.11. The van der Waals surface area contributed by atoms with Crippen molar-refractivity contribution in [3.63, 3.8) is 0 Å². The van der Waals surface area contributed by atoms with Crippen molar-refractivity contribution in [3.05, 3.63) is 22.4 Å². The Morgan fingerprint density at radius 3 is 2.83 bits per heavy atom. The lowest BCUT2D eigenvalue weighted by Gasteiger charge is -2.36. The summed E-state index contributed by atoms with van der Waals surface area (Å²) in [6.07, 6.45) is 6.14. The van der Waals surface area contributed by atoms with Gasteiger partial charge < -0.3 is 10.1 Å². The van der Waals surface area contributed by atoms with E-state index in [0.717, 1.165) is 44.8 Å².